The summed E-state index contributed by atoms with van der Waals surface area (Å²) in [6, 6.07) is 4.10. The van der Waals surface area contributed by atoms with Crippen molar-refractivity contribution in [1.29, 1.82) is 0 Å². The van der Waals surface area contributed by atoms with Crippen LogP contribution in [0.3, 0.4) is 0 Å². The molecule has 0 aromatic heterocycles. The minimum absolute atomic E-state index is 0.0562. The predicted molar refractivity (Wildman–Crippen MR) is 87.2 cm³/mol. The molecule has 1 heterocycles. The van der Waals surface area contributed by atoms with Crippen LogP contribution < -0.4 is 5.32 Å². The van der Waals surface area contributed by atoms with Gasteiger partial charge in [0, 0.05) is 32.2 Å². The van der Waals surface area contributed by atoms with Crippen molar-refractivity contribution in [3.63, 3.8) is 0 Å². The lowest BCUT2D eigenvalue weighted by Crippen LogP contribution is -2.44. The molecule has 1 aromatic carbocycles. The Balaban J connectivity index is 2.06. The van der Waals surface area contributed by atoms with E-state index in [0.717, 1.165) is 0 Å². The first-order valence-corrected chi connectivity index (χ1v) is 8.06. The molecule has 1 aliphatic heterocycles. The number of hydrogen-bond donors (Lipinski definition) is 1. The van der Waals surface area contributed by atoms with E-state index < -0.39 is 11.7 Å². The predicted octanol–water partition coefficient (Wildman–Crippen LogP) is 2.75. The molecule has 1 fully saturated rings. The van der Waals surface area contributed by atoms with Crippen molar-refractivity contribution in [2.45, 2.75) is 26.3 Å². The molecule has 0 aliphatic carbocycles. The van der Waals surface area contributed by atoms with Crippen LogP contribution in [0.1, 0.15) is 30.6 Å². The molecule has 5 nitrogen and oxygen atoms in total. The van der Waals surface area contributed by atoms with Gasteiger partial charge in [-0.1, -0.05) is 17.7 Å². The minimum atomic E-state index is -0.624. The highest BCUT2D eigenvalue weighted by atomic mass is 35.5. The highest BCUT2D eigenvalue weighted by molar-refractivity contribution is 6.33. The van der Waals surface area contributed by atoms with Gasteiger partial charge in [-0.2, -0.15) is 0 Å². The molecular weight excluding hydrogens is 321 g/mol. The zero-order valence-corrected chi connectivity index (χ0v) is 14.1. The van der Waals surface area contributed by atoms with Crippen LogP contribution >= 0.6 is 11.6 Å². The molecule has 126 valence electrons. The molecule has 0 radical (unpaired) electrons. The Morgan fingerprint density at radius 2 is 1.83 bits per heavy atom. The van der Waals surface area contributed by atoms with E-state index >= 15 is 0 Å². The molecule has 1 saturated heterocycles. The van der Waals surface area contributed by atoms with Crippen LogP contribution in [0.25, 0.3) is 0 Å². The average molecular weight is 342 g/mol. The van der Waals surface area contributed by atoms with Gasteiger partial charge in [-0.3, -0.25) is 4.79 Å². The largest absolute Gasteiger partial charge is 0.337 e. The highest BCUT2D eigenvalue weighted by Crippen LogP contribution is 2.21. The zero-order chi connectivity index (χ0) is 17.0. The van der Waals surface area contributed by atoms with E-state index in [1.54, 1.807) is 9.80 Å². The summed E-state index contributed by atoms with van der Waals surface area (Å²) < 4.78 is 13.9. The molecule has 23 heavy (non-hydrogen) atoms. The molecule has 1 aromatic rings. The number of hydrogen-bond acceptors (Lipinski definition) is 2. The summed E-state index contributed by atoms with van der Waals surface area (Å²) in [7, 11) is 0. The summed E-state index contributed by atoms with van der Waals surface area (Å²) in [6.45, 7) is 5.59. The SMILES string of the molecule is CC(C)NC(=O)N1CCCN(C(=O)c2c(F)cccc2Cl)CC1. The molecule has 0 unspecified atom stereocenters. The second-order valence-corrected chi connectivity index (χ2v) is 6.24. The van der Waals surface area contributed by atoms with Crippen LogP contribution in [-0.4, -0.2) is 54.0 Å². The number of nitrogens with zero attached hydrogens (tertiary/aromatic N) is 2. The van der Waals surface area contributed by atoms with Crippen LogP contribution in [0, 0.1) is 5.82 Å². The Kier molecular flexibility index (Phi) is 5.82. The maximum Gasteiger partial charge on any atom is 0.317 e. The van der Waals surface area contributed by atoms with Gasteiger partial charge in [0.15, 0.2) is 0 Å². The van der Waals surface area contributed by atoms with E-state index in [1.165, 1.54) is 18.2 Å². The standard InChI is InChI=1S/C16H21ClFN3O2/c1-11(2)19-16(23)21-8-4-7-20(9-10-21)15(22)14-12(17)5-3-6-13(14)18/h3,5-6,11H,4,7-10H2,1-2H3,(H,19,23). The third-order valence-electron chi connectivity index (χ3n) is 3.66. The number of carbonyl (C=O) groups excluding carboxylic acids is 2. The number of amides is 3. The number of rotatable bonds is 2. The van der Waals surface area contributed by atoms with E-state index in [4.69, 9.17) is 11.6 Å². The van der Waals surface area contributed by atoms with Crippen molar-refractivity contribution in [3.05, 3.63) is 34.6 Å². The van der Waals surface area contributed by atoms with Crippen molar-refractivity contribution >= 4 is 23.5 Å². The molecule has 0 bridgehead atoms. The van der Waals surface area contributed by atoms with Gasteiger partial charge in [0.1, 0.15) is 5.82 Å². The summed E-state index contributed by atoms with van der Waals surface area (Å²) >= 11 is 5.96. The minimum Gasteiger partial charge on any atom is -0.337 e. The average Bonchev–Trinajstić information content (AvgIpc) is 2.72. The van der Waals surface area contributed by atoms with E-state index in [2.05, 4.69) is 5.32 Å². The van der Waals surface area contributed by atoms with Gasteiger partial charge in [0.05, 0.1) is 10.6 Å². The summed E-state index contributed by atoms with van der Waals surface area (Å²) in [4.78, 5) is 27.8. The summed E-state index contributed by atoms with van der Waals surface area (Å²) in [5, 5.41) is 2.94. The van der Waals surface area contributed by atoms with Crippen LogP contribution in [0.15, 0.2) is 18.2 Å². The van der Waals surface area contributed by atoms with Gasteiger partial charge in [-0.15, -0.1) is 0 Å². The number of carbonyl (C=O) groups is 2. The maximum atomic E-state index is 13.9. The Morgan fingerprint density at radius 1 is 1.17 bits per heavy atom. The smallest absolute Gasteiger partial charge is 0.317 e. The molecule has 0 spiro atoms. The first-order chi connectivity index (χ1) is 10.9. The molecule has 1 N–H and O–H groups in total. The summed E-state index contributed by atoms with van der Waals surface area (Å²) in [5.41, 5.74) is -0.103. The summed E-state index contributed by atoms with van der Waals surface area (Å²) in [6.07, 6.45) is 0.642. The monoisotopic (exact) mass is 341 g/mol. The third-order valence-corrected chi connectivity index (χ3v) is 3.97. The highest BCUT2D eigenvalue weighted by Gasteiger charge is 2.26. The van der Waals surface area contributed by atoms with E-state index in [-0.39, 0.29) is 22.7 Å². The Morgan fingerprint density at radius 3 is 2.48 bits per heavy atom. The maximum absolute atomic E-state index is 13.9. The first-order valence-electron chi connectivity index (χ1n) is 7.69. The van der Waals surface area contributed by atoms with E-state index in [9.17, 15) is 14.0 Å². The normalized spacial score (nSPS) is 15.5. The fourth-order valence-corrected chi connectivity index (χ4v) is 2.77. The van der Waals surface area contributed by atoms with Gasteiger partial charge in [-0.25, -0.2) is 9.18 Å². The molecule has 1 aliphatic rings. The van der Waals surface area contributed by atoms with Crippen LogP contribution in [0.2, 0.25) is 5.02 Å². The number of nitrogens with one attached hydrogen (secondary N) is 1. The lowest BCUT2D eigenvalue weighted by atomic mass is 10.1. The lowest BCUT2D eigenvalue weighted by Gasteiger charge is -2.23. The van der Waals surface area contributed by atoms with Gasteiger partial charge in [0.25, 0.3) is 5.91 Å². The fourth-order valence-electron chi connectivity index (χ4n) is 2.52. The van der Waals surface area contributed by atoms with Crippen molar-refractivity contribution in [3.8, 4) is 0 Å². The molecule has 0 atom stereocenters. The van der Waals surface area contributed by atoms with Gasteiger partial charge < -0.3 is 15.1 Å². The van der Waals surface area contributed by atoms with Gasteiger partial charge in [-0.05, 0) is 32.4 Å². The zero-order valence-electron chi connectivity index (χ0n) is 13.3. The Hall–Kier alpha value is -1.82. The fraction of sp³-hybridized carbons (Fsp3) is 0.500. The second-order valence-electron chi connectivity index (χ2n) is 5.83. The second kappa shape index (κ2) is 7.64. The van der Waals surface area contributed by atoms with Gasteiger partial charge >= 0.3 is 6.03 Å². The van der Waals surface area contributed by atoms with Crippen LogP contribution in [-0.2, 0) is 0 Å². The topological polar surface area (TPSA) is 52.7 Å². The van der Waals surface area contributed by atoms with Gasteiger partial charge in [0.2, 0.25) is 0 Å². The Labute approximate surface area is 140 Å². The van der Waals surface area contributed by atoms with Crippen molar-refractivity contribution in [2.24, 2.45) is 0 Å². The number of benzene rings is 1. The van der Waals surface area contributed by atoms with Crippen LogP contribution in [0.5, 0.6) is 0 Å². The van der Waals surface area contributed by atoms with Crippen molar-refractivity contribution in [2.75, 3.05) is 26.2 Å². The Bertz CT molecular complexity index is 574. The molecule has 3 amide bonds. The quantitative estimate of drug-likeness (QED) is 0.899. The number of halogens is 2. The molecule has 0 saturated carbocycles. The van der Waals surface area contributed by atoms with Crippen molar-refractivity contribution < 1.29 is 14.0 Å². The summed E-state index contributed by atoms with van der Waals surface area (Å²) in [5.74, 6) is -1.06. The molecule has 2 rings (SSSR count). The lowest BCUT2D eigenvalue weighted by molar-refractivity contribution is 0.0757. The van der Waals surface area contributed by atoms with Crippen molar-refractivity contribution in [1.82, 2.24) is 15.1 Å². The van der Waals surface area contributed by atoms with E-state index in [1.807, 2.05) is 13.8 Å². The van der Waals surface area contributed by atoms with Crippen LogP contribution in [0.4, 0.5) is 9.18 Å². The molecule has 7 heteroatoms. The third kappa shape index (κ3) is 4.34. The van der Waals surface area contributed by atoms with E-state index in [0.29, 0.717) is 32.6 Å². The molecular formula is C16H21ClFN3O2. The number of urea groups is 1. The first kappa shape index (κ1) is 17.5.